The van der Waals surface area contributed by atoms with E-state index < -0.39 is 6.43 Å². The summed E-state index contributed by atoms with van der Waals surface area (Å²) in [5.41, 5.74) is 1.21. The molecule has 3 atom stereocenters. The minimum Gasteiger partial charge on any atom is -0.310 e. The average molecular weight is 251 g/mol. The second kappa shape index (κ2) is 4.96. The molecule has 18 heavy (non-hydrogen) atoms. The molecule has 98 valence electrons. The normalized spacial score (nSPS) is 30.3. The molecule has 2 saturated carbocycles. The molecule has 3 unspecified atom stereocenters. The van der Waals surface area contributed by atoms with Gasteiger partial charge in [0.1, 0.15) is 0 Å². The SMILES string of the molecule is FC(F)c1ccc(CNC2CC3CCC2C3)cc1. The van der Waals surface area contributed by atoms with Crippen molar-refractivity contribution >= 4 is 0 Å². The molecule has 0 heterocycles. The molecule has 3 rings (SSSR count). The topological polar surface area (TPSA) is 12.0 Å². The lowest BCUT2D eigenvalue weighted by molar-refractivity contribution is 0.151. The molecule has 2 fully saturated rings. The average Bonchev–Trinajstić information content (AvgIpc) is 2.99. The van der Waals surface area contributed by atoms with Crippen LogP contribution in [0.3, 0.4) is 0 Å². The predicted molar refractivity (Wildman–Crippen MR) is 67.5 cm³/mol. The summed E-state index contributed by atoms with van der Waals surface area (Å²) < 4.78 is 24.8. The lowest BCUT2D eigenvalue weighted by Crippen LogP contribution is -2.33. The van der Waals surface area contributed by atoms with Gasteiger partial charge in [-0.25, -0.2) is 8.78 Å². The highest BCUT2D eigenvalue weighted by Gasteiger charge is 2.38. The Morgan fingerprint density at radius 1 is 1.11 bits per heavy atom. The number of rotatable bonds is 4. The standard InChI is InChI=1S/C15H19F2N/c16-15(17)12-4-1-10(2-5-12)9-18-14-8-11-3-6-13(14)7-11/h1-2,4-5,11,13-15,18H,3,6-9H2. The lowest BCUT2D eigenvalue weighted by Gasteiger charge is -2.23. The maximum atomic E-state index is 12.4. The molecule has 3 heteroatoms. The van der Waals surface area contributed by atoms with Crippen LogP contribution in [0.4, 0.5) is 8.78 Å². The summed E-state index contributed by atoms with van der Waals surface area (Å²) in [6.07, 6.45) is 3.11. The third-order valence-electron chi connectivity index (χ3n) is 4.54. The summed E-state index contributed by atoms with van der Waals surface area (Å²) in [7, 11) is 0. The Kier molecular flexibility index (Phi) is 3.33. The minimum absolute atomic E-state index is 0.110. The molecule has 2 aliphatic rings. The molecule has 0 amide bonds. The van der Waals surface area contributed by atoms with E-state index in [1.807, 2.05) is 12.1 Å². The van der Waals surface area contributed by atoms with Crippen LogP contribution >= 0.6 is 0 Å². The van der Waals surface area contributed by atoms with Gasteiger partial charge in [0.25, 0.3) is 6.43 Å². The van der Waals surface area contributed by atoms with Crippen LogP contribution in [0, 0.1) is 11.8 Å². The van der Waals surface area contributed by atoms with E-state index in [0.717, 1.165) is 23.9 Å². The Morgan fingerprint density at radius 3 is 2.44 bits per heavy atom. The number of alkyl halides is 2. The quantitative estimate of drug-likeness (QED) is 0.855. The van der Waals surface area contributed by atoms with Gasteiger partial charge < -0.3 is 5.32 Å². The van der Waals surface area contributed by atoms with Crippen molar-refractivity contribution in [2.75, 3.05) is 0 Å². The van der Waals surface area contributed by atoms with Gasteiger partial charge in [-0.05, 0) is 36.7 Å². The largest absolute Gasteiger partial charge is 0.310 e. The van der Waals surface area contributed by atoms with Gasteiger partial charge in [-0.1, -0.05) is 30.7 Å². The molecule has 0 spiro atoms. The maximum absolute atomic E-state index is 12.4. The highest BCUT2D eigenvalue weighted by Crippen LogP contribution is 2.44. The van der Waals surface area contributed by atoms with Crippen LogP contribution in [-0.2, 0) is 6.54 Å². The zero-order valence-electron chi connectivity index (χ0n) is 10.4. The van der Waals surface area contributed by atoms with Crippen molar-refractivity contribution in [1.82, 2.24) is 5.32 Å². The van der Waals surface area contributed by atoms with Crippen molar-refractivity contribution in [2.45, 2.75) is 44.7 Å². The first-order chi connectivity index (χ1) is 8.72. The molecule has 1 aromatic rings. The summed E-state index contributed by atoms with van der Waals surface area (Å²) in [4.78, 5) is 0. The van der Waals surface area contributed by atoms with Crippen molar-refractivity contribution in [3.8, 4) is 0 Å². The van der Waals surface area contributed by atoms with Gasteiger partial charge in [0.15, 0.2) is 0 Å². The van der Waals surface area contributed by atoms with E-state index >= 15 is 0 Å². The number of benzene rings is 1. The zero-order valence-corrected chi connectivity index (χ0v) is 10.4. The lowest BCUT2D eigenvalue weighted by atomic mass is 9.95. The van der Waals surface area contributed by atoms with Crippen LogP contribution in [0.15, 0.2) is 24.3 Å². The van der Waals surface area contributed by atoms with Crippen LogP contribution < -0.4 is 5.32 Å². The summed E-state index contributed by atoms with van der Waals surface area (Å²) >= 11 is 0. The van der Waals surface area contributed by atoms with E-state index in [4.69, 9.17) is 0 Å². The summed E-state index contributed by atoms with van der Waals surface area (Å²) in [6.45, 7) is 0.803. The van der Waals surface area contributed by atoms with Gasteiger partial charge in [-0.3, -0.25) is 0 Å². The second-order valence-electron chi connectivity index (χ2n) is 5.70. The first kappa shape index (κ1) is 12.1. The van der Waals surface area contributed by atoms with E-state index in [1.54, 1.807) is 0 Å². The Labute approximate surface area is 107 Å². The molecule has 2 bridgehead atoms. The minimum atomic E-state index is -2.36. The Balaban J connectivity index is 1.54. The van der Waals surface area contributed by atoms with Crippen molar-refractivity contribution in [2.24, 2.45) is 11.8 Å². The van der Waals surface area contributed by atoms with Gasteiger partial charge in [-0.15, -0.1) is 0 Å². The van der Waals surface area contributed by atoms with Crippen LogP contribution in [0.25, 0.3) is 0 Å². The molecule has 0 saturated heterocycles. The highest BCUT2D eigenvalue weighted by atomic mass is 19.3. The molecule has 2 aliphatic carbocycles. The summed E-state index contributed by atoms with van der Waals surface area (Å²) in [6, 6.07) is 7.33. The molecule has 1 N–H and O–H groups in total. The third-order valence-corrected chi connectivity index (χ3v) is 4.54. The first-order valence-corrected chi connectivity index (χ1v) is 6.83. The van der Waals surface area contributed by atoms with Gasteiger partial charge in [-0.2, -0.15) is 0 Å². The van der Waals surface area contributed by atoms with Gasteiger partial charge in [0, 0.05) is 18.2 Å². The number of halogens is 2. The van der Waals surface area contributed by atoms with E-state index in [-0.39, 0.29) is 5.56 Å². The molecule has 1 nitrogen and oxygen atoms in total. The summed E-state index contributed by atoms with van der Waals surface area (Å²) in [5, 5.41) is 3.59. The maximum Gasteiger partial charge on any atom is 0.263 e. The summed E-state index contributed by atoms with van der Waals surface area (Å²) in [5.74, 6) is 1.80. The number of hydrogen-bond acceptors (Lipinski definition) is 1. The van der Waals surface area contributed by atoms with E-state index in [1.165, 1.54) is 37.8 Å². The Hall–Kier alpha value is -0.960. The highest BCUT2D eigenvalue weighted by molar-refractivity contribution is 5.23. The molecule has 0 radical (unpaired) electrons. The van der Waals surface area contributed by atoms with Crippen LogP contribution in [0.5, 0.6) is 0 Å². The molecular weight excluding hydrogens is 232 g/mol. The molecule has 1 aromatic carbocycles. The fourth-order valence-electron chi connectivity index (χ4n) is 3.52. The van der Waals surface area contributed by atoms with E-state index in [0.29, 0.717) is 6.04 Å². The Morgan fingerprint density at radius 2 is 1.89 bits per heavy atom. The van der Waals surface area contributed by atoms with Gasteiger partial charge >= 0.3 is 0 Å². The van der Waals surface area contributed by atoms with E-state index in [9.17, 15) is 8.78 Å². The molecular formula is C15H19F2N. The van der Waals surface area contributed by atoms with Gasteiger partial charge in [0.2, 0.25) is 0 Å². The number of fused-ring (bicyclic) bond motifs is 2. The molecule has 0 aliphatic heterocycles. The number of hydrogen-bond donors (Lipinski definition) is 1. The van der Waals surface area contributed by atoms with Gasteiger partial charge in [0.05, 0.1) is 0 Å². The number of nitrogens with one attached hydrogen (secondary N) is 1. The zero-order chi connectivity index (χ0) is 12.5. The van der Waals surface area contributed by atoms with Crippen LogP contribution in [-0.4, -0.2) is 6.04 Å². The van der Waals surface area contributed by atoms with E-state index in [2.05, 4.69) is 5.32 Å². The van der Waals surface area contributed by atoms with Crippen molar-refractivity contribution in [3.63, 3.8) is 0 Å². The van der Waals surface area contributed by atoms with Crippen molar-refractivity contribution in [3.05, 3.63) is 35.4 Å². The molecule has 0 aromatic heterocycles. The Bertz CT molecular complexity index is 401. The second-order valence-corrected chi connectivity index (χ2v) is 5.70. The third kappa shape index (κ3) is 2.41. The smallest absolute Gasteiger partial charge is 0.263 e. The van der Waals surface area contributed by atoms with Crippen LogP contribution in [0.2, 0.25) is 0 Å². The van der Waals surface area contributed by atoms with Crippen LogP contribution in [0.1, 0.15) is 43.2 Å². The first-order valence-electron chi connectivity index (χ1n) is 6.83. The fourth-order valence-corrected chi connectivity index (χ4v) is 3.52. The van der Waals surface area contributed by atoms with Crippen molar-refractivity contribution < 1.29 is 8.78 Å². The fraction of sp³-hybridized carbons (Fsp3) is 0.600. The predicted octanol–water partition coefficient (Wildman–Crippen LogP) is 3.90. The van der Waals surface area contributed by atoms with Crippen molar-refractivity contribution in [1.29, 1.82) is 0 Å². The monoisotopic (exact) mass is 251 g/mol.